The summed E-state index contributed by atoms with van der Waals surface area (Å²) in [5.74, 6) is 1.07. The highest BCUT2D eigenvalue weighted by atomic mass is 32.2. The van der Waals surface area contributed by atoms with E-state index in [9.17, 15) is 8.42 Å². The monoisotopic (exact) mass is 306 g/mol. The highest BCUT2D eigenvalue weighted by molar-refractivity contribution is 7.90. The van der Waals surface area contributed by atoms with Crippen molar-refractivity contribution >= 4 is 21.2 Å². The Kier molecular flexibility index (Phi) is 4.09. The smallest absolute Gasteiger partial charge is 0.175 e. The molecule has 0 saturated heterocycles. The molecule has 112 valence electrons. The van der Waals surface area contributed by atoms with Crippen LogP contribution in [-0.4, -0.2) is 28.8 Å². The molecule has 0 spiro atoms. The minimum Gasteiger partial charge on any atom is -0.455 e. The van der Waals surface area contributed by atoms with E-state index in [4.69, 9.17) is 10.5 Å². The number of rotatable bonds is 4. The van der Waals surface area contributed by atoms with Gasteiger partial charge in [0, 0.05) is 32.1 Å². The van der Waals surface area contributed by atoms with Crippen LogP contribution >= 0.6 is 0 Å². The standard InChI is InChI=1S/C15H18N2O3S/c1-17(2)11-5-4-6-12(9-11)20-15-8-7-13(10-14(15)16)21(3,18)19/h4-10H,16H2,1-3H3. The predicted octanol–water partition coefficient (Wildman–Crippen LogP) is 2.53. The van der Waals surface area contributed by atoms with Crippen molar-refractivity contribution in [3.05, 3.63) is 42.5 Å². The van der Waals surface area contributed by atoms with Crippen LogP contribution in [0.3, 0.4) is 0 Å². The van der Waals surface area contributed by atoms with E-state index in [1.807, 2.05) is 43.3 Å². The molecule has 21 heavy (non-hydrogen) atoms. The normalized spacial score (nSPS) is 11.2. The fourth-order valence-electron chi connectivity index (χ4n) is 1.80. The van der Waals surface area contributed by atoms with Crippen LogP contribution in [0, 0.1) is 0 Å². The van der Waals surface area contributed by atoms with Crippen LogP contribution < -0.4 is 15.4 Å². The van der Waals surface area contributed by atoms with Gasteiger partial charge in [-0.15, -0.1) is 0 Å². The Morgan fingerprint density at radius 3 is 2.38 bits per heavy atom. The van der Waals surface area contributed by atoms with Crippen LogP contribution in [0.5, 0.6) is 11.5 Å². The molecule has 5 nitrogen and oxygen atoms in total. The lowest BCUT2D eigenvalue weighted by atomic mass is 10.2. The maximum Gasteiger partial charge on any atom is 0.175 e. The molecule has 0 atom stereocenters. The molecule has 2 rings (SSSR count). The maximum atomic E-state index is 11.5. The van der Waals surface area contributed by atoms with E-state index >= 15 is 0 Å². The summed E-state index contributed by atoms with van der Waals surface area (Å²) in [6, 6.07) is 12.0. The number of sulfone groups is 1. The first-order valence-electron chi connectivity index (χ1n) is 6.32. The van der Waals surface area contributed by atoms with Crippen molar-refractivity contribution < 1.29 is 13.2 Å². The van der Waals surface area contributed by atoms with Crippen molar-refractivity contribution in [3.8, 4) is 11.5 Å². The first-order valence-corrected chi connectivity index (χ1v) is 8.21. The molecule has 0 bridgehead atoms. The third-order valence-electron chi connectivity index (χ3n) is 2.97. The molecule has 0 amide bonds. The summed E-state index contributed by atoms with van der Waals surface area (Å²) in [5.41, 5.74) is 7.15. The van der Waals surface area contributed by atoms with Gasteiger partial charge in [-0.2, -0.15) is 0 Å². The SMILES string of the molecule is CN(C)c1cccc(Oc2ccc(S(C)(=O)=O)cc2N)c1. The summed E-state index contributed by atoms with van der Waals surface area (Å²) >= 11 is 0. The summed E-state index contributed by atoms with van der Waals surface area (Å²) < 4.78 is 28.7. The fourth-order valence-corrected chi connectivity index (χ4v) is 2.46. The number of hydrogen-bond acceptors (Lipinski definition) is 5. The number of benzene rings is 2. The van der Waals surface area contributed by atoms with E-state index in [2.05, 4.69) is 0 Å². The second kappa shape index (κ2) is 5.65. The van der Waals surface area contributed by atoms with E-state index in [-0.39, 0.29) is 10.6 Å². The molecule has 2 N–H and O–H groups in total. The van der Waals surface area contributed by atoms with Gasteiger partial charge in [-0.3, -0.25) is 0 Å². The molecule has 0 radical (unpaired) electrons. The molecule has 2 aromatic rings. The zero-order valence-electron chi connectivity index (χ0n) is 12.2. The van der Waals surface area contributed by atoms with Crippen molar-refractivity contribution in [2.45, 2.75) is 4.90 Å². The Morgan fingerprint density at radius 2 is 1.81 bits per heavy atom. The minimum atomic E-state index is -3.28. The van der Waals surface area contributed by atoms with E-state index in [1.54, 1.807) is 6.07 Å². The lowest BCUT2D eigenvalue weighted by Gasteiger charge is -2.14. The third kappa shape index (κ3) is 3.66. The van der Waals surface area contributed by atoms with Gasteiger partial charge in [-0.05, 0) is 30.3 Å². The largest absolute Gasteiger partial charge is 0.455 e. The van der Waals surface area contributed by atoms with E-state index < -0.39 is 9.84 Å². The van der Waals surface area contributed by atoms with E-state index in [0.29, 0.717) is 11.5 Å². The summed E-state index contributed by atoms with van der Waals surface area (Å²) in [6.07, 6.45) is 1.14. The number of nitrogens with zero attached hydrogens (tertiary/aromatic N) is 1. The van der Waals surface area contributed by atoms with Crippen molar-refractivity contribution in [1.82, 2.24) is 0 Å². The lowest BCUT2D eigenvalue weighted by Crippen LogP contribution is -2.08. The van der Waals surface area contributed by atoms with Crippen LogP contribution in [0.2, 0.25) is 0 Å². The number of anilines is 2. The molecule has 0 aliphatic carbocycles. The molecule has 0 unspecified atom stereocenters. The lowest BCUT2D eigenvalue weighted by molar-refractivity contribution is 0.484. The van der Waals surface area contributed by atoms with E-state index in [1.165, 1.54) is 12.1 Å². The van der Waals surface area contributed by atoms with Gasteiger partial charge in [0.05, 0.1) is 10.6 Å². The molecular weight excluding hydrogens is 288 g/mol. The average Bonchev–Trinajstić information content (AvgIpc) is 2.40. The van der Waals surface area contributed by atoms with Crippen LogP contribution in [0.15, 0.2) is 47.4 Å². The maximum absolute atomic E-state index is 11.5. The van der Waals surface area contributed by atoms with Crippen LogP contribution in [0.1, 0.15) is 0 Å². The number of ether oxygens (including phenoxy) is 1. The Balaban J connectivity index is 2.30. The van der Waals surface area contributed by atoms with Crippen LogP contribution in [0.25, 0.3) is 0 Å². The Hall–Kier alpha value is -2.21. The van der Waals surface area contributed by atoms with Crippen molar-refractivity contribution in [3.63, 3.8) is 0 Å². The first kappa shape index (κ1) is 15.2. The Morgan fingerprint density at radius 1 is 1.10 bits per heavy atom. The first-order chi connectivity index (χ1) is 9.77. The molecule has 6 heteroatoms. The topological polar surface area (TPSA) is 72.6 Å². The Labute approximate surface area is 124 Å². The number of nitrogens with two attached hydrogens (primary N) is 1. The van der Waals surface area contributed by atoms with Gasteiger partial charge < -0.3 is 15.4 Å². The third-order valence-corrected chi connectivity index (χ3v) is 4.08. The van der Waals surface area contributed by atoms with Gasteiger partial charge in [-0.1, -0.05) is 6.07 Å². The summed E-state index contributed by atoms with van der Waals surface area (Å²) in [4.78, 5) is 2.14. The van der Waals surface area contributed by atoms with Gasteiger partial charge in [0.15, 0.2) is 9.84 Å². The fraction of sp³-hybridized carbons (Fsp3) is 0.200. The number of hydrogen-bond donors (Lipinski definition) is 1. The summed E-state index contributed by atoms with van der Waals surface area (Å²) in [6.45, 7) is 0. The van der Waals surface area contributed by atoms with Crippen LogP contribution in [-0.2, 0) is 9.84 Å². The van der Waals surface area contributed by atoms with Gasteiger partial charge >= 0.3 is 0 Å². The molecule has 0 aromatic heterocycles. The van der Waals surface area contributed by atoms with Crippen molar-refractivity contribution in [2.24, 2.45) is 0 Å². The molecule has 0 saturated carbocycles. The molecule has 2 aromatic carbocycles. The molecule has 0 aliphatic rings. The van der Waals surface area contributed by atoms with Gasteiger partial charge in [-0.25, -0.2) is 8.42 Å². The van der Waals surface area contributed by atoms with Gasteiger partial charge in [0.2, 0.25) is 0 Å². The second-order valence-electron chi connectivity index (χ2n) is 4.97. The molecule has 0 aliphatic heterocycles. The zero-order chi connectivity index (χ0) is 15.6. The molecule has 0 heterocycles. The molecule has 0 fully saturated rings. The number of nitrogen functional groups attached to an aromatic ring is 1. The van der Waals surface area contributed by atoms with E-state index in [0.717, 1.165) is 11.9 Å². The minimum absolute atomic E-state index is 0.175. The highest BCUT2D eigenvalue weighted by Crippen LogP contribution is 2.31. The van der Waals surface area contributed by atoms with Crippen LogP contribution in [0.4, 0.5) is 11.4 Å². The predicted molar refractivity (Wildman–Crippen MR) is 84.8 cm³/mol. The molecular formula is C15H18N2O3S. The average molecular weight is 306 g/mol. The summed E-state index contributed by atoms with van der Waals surface area (Å²) in [5, 5.41) is 0. The second-order valence-corrected chi connectivity index (χ2v) is 6.98. The Bertz CT molecular complexity index is 755. The van der Waals surface area contributed by atoms with Gasteiger partial charge in [0.1, 0.15) is 11.5 Å². The highest BCUT2D eigenvalue weighted by Gasteiger charge is 2.11. The summed E-state index contributed by atoms with van der Waals surface area (Å²) in [7, 11) is 0.603. The van der Waals surface area contributed by atoms with Gasteiger partial charge in [0.25, 0.3) is 0 Å². The van der Waals surface area contributed by atoms with Crippen molar-refractivity contribution in [1.29, 1.82) is 0 Å². The quantitative estimate of drug-likeness (QED) is 0.879. The van der Waals surface area contributed by atoms with Crippen molar-refractivity contribution in [2.75, 3.05) is 31.0 Å². The zero-order valence-corrected chi connectivity index (χ0v) is 13.0.